The van der Waals surface area contributed by atoms with Crippen LogP contribution in [0.2, 0.25) is 0 Å². The number of cyclic esters (lactones) is 1. The number of esters is 1. The molecule has 4 rings (SSSR count). The van der Waals surface area contributed by atoms with Crippen molar-refractivity contribution in [1.82, 2.24) is 5.32 Å². The van der Waals surface area contributed by atoms with Gasteiger partial charge >= 0.3 is 5.97 Å². The maximum Gasteiger partial charge on any atom is 0.311 e. The molecule has 0 aliphatic carbocycles. The highest BCUT2D eigenvalue weighted by molar-refractivity contribution is 5.73. The number of hydrogen-bond donors (Lipinski definition) is 5. The largest absolute Gasteiger partial charge is 0.488 e. The molecule has 13 heteroatoms. The third kappa shape index (κ3) is 8.46. The lowest BCUT2D eigenvalue weighted by molar-refractivity contribution is -0.314. The fourth-order valence-corrected chi connectivity index (χ4v) is 8.63. The van der Waals surface area contributed by atoms with Crippen molar-refractivity contribution >= 4 is 5.97 Å². The Bertz CT molecular complexity index is 1290. The SMILES string of the molecule is C#CCNC1CC(C)O[C@@H](O[C@@H]2[C@@H](C)[C@H](O[C@H]3CC(C)(OC)[C@@H](O)C(C)O3)[C@@H](C)C(=O)O[C@@H]([C@](C)(O)[C@H](O)CC)[C@@H](C)C3=C(C)C[C@@]2(C)O3)C1O. The number of rotatable bonds is 10. The van der Waals surface area contributed by atoms with Crippen molar-refractivity contribution in [2.75, 3.05) is 13.7 Å². The number of aliphatic hydroxyl groups excluding tert-OH is 3. The molecule has 2 bridgehead atoms. The molecule has 292 valence electrons. The minimum Gasteiger partial charge on any atom is -0.488 e. The second-order valence-electron chi connectivity index (χ2n) is 16.0. The van der Waals surface area contributed by atoms with Crippen molar-refractivity contribution in [3.63, 3.8) is 0 Å². The Kier molecular flexibility index (Phi) is 13.4. The Morgan fingerprint density at radius 2 is 1.78 bits per heavy atom. The Morgan fingerprint density at radius 3 is 2.39 bits per heavy atom. The highest BCUT2D eigenvalue weighted by atomic mass is 16.7. The Balaban J connectivity index is 1.82. The molecular weight excluding hydrogens is 662 g/mol. The lowest BCUT2D eigenvalue weighted by Gasteiger charge is -2.48. The molecule has 0 spiro atoms. The van der Waals surface area contributed by atoms with Gasteiger partial charge in [0.15, 0.2) is 12.6 Å². The smallest absolute Gasteiger partial charge is 0.311 e. The van der Waals surface area contributed by atoms with Crippen LogP contribution in [-0.2, 0) is 38.0 Å². The van der Waals surface area contributed by atoms with Crippen molar-refractivity contribution < 1.29 is 58.4 Å². The van der Waals surface area contributed by atoms with Crippen molar-refractivity contribution in [2.24, 2.45) is 17.8 Å². The van der Waals surface area contributed by atoms with Crippen molar-refractivity contribution in [3.8, 4) is 12.3 Å². The van der Waals surface area contributed by atoms with Crippen LogP contribution in [0.3, 0.4) is 0 Å². The van der Waals surface area contributed by atoms with Crippen LogP contribution in [0.5, 0.6) is 0 Å². The first kappa shape index (κ1) is 41.9. The van der Waals surface area contributed by atoms with Crippen molar-refractivity contribution in [3.05, 3.63) is 11.3 Å². The zero-order valence-electron chi connectivity index (χ0n) is 32.3. The molecule has 3 fully saturated rings. The quantitative estimate of drug-likeness (QED) is 0.164. The van der Waals surface area contributed by atoms with Gasteiger partial charge in [-0.1, -0.05) is 26.7 Å². The second kappa shape index (κ2) is 16.3. The number of ether oxygens (including phenoxy) is 7. The summed E-state index contributed by atoms with van der Waals surface area (Å²) in [5, 5.41) is 48.3. The molecule has 0 radical (unpaired) electrons. The lowest BCUT2D eigenvalue weighted by Crippen LogP contribution is -2.60. The van der Waals surface area contributed by atoms with E-state index in [-0.39, 0.29) is 25.5 Å². The normalized spacial score (nSPS) is 45.5. The number of nitrogens with one attached hydrogen (secondary N) is 1. The van der Waals surface area contributed by atoms with Crippen LogP contribution in [0.4, 0.5) is 0 Å². The van der Waals surface area contributed by atoms with Gasteiger partial charge in [0.05, 0.1) is 48.4 Å². The minimum absolute atomic E-state index is 0.158. The van der Waals surface area contributed by atoms with Crippen LogP contribution in [-0.4, -0.2) is 124 Å². The number of carbonyl (C=O) groups excluding carboxylic acids is 1. The van der Waals surface area contributed by atoms with E-state index in [0.717, 1.165) is 5.57 Å². The monoisotopic (exact) mass is 725 g/mol. The molecule has 4 aliphatic heterocycles. The van der Waals surface area contributed by atoms with Crippen LogP contribution in [0.15, 0.2) is 11.3 Å². The van der Waals surface area contributed by atoms with Gasteiger partial charge in [0, 0.05) is 31.9 Å². The van der Waals surface area contributed by atoms with Gasteiger partial charge < -0.3 is 58.9 Å². The summed E-state index contributed by atoms with van der Waals surface area (Å²) in [7, 11) is 1.52. The molecule has 51 heavy (non-hydrogen) atoms. The first-order valence-corrected chi connectivity index (χ1v) is 18.4. The molecule has 5 unspecified atom stereocenters. The van der Waals surface area contributed by atoms with Crippen LogP contribution in [0, 0.1) is 30.1 Å². The summed E-state index contributed by atoms with van der Waals surface area (Å²) in [5.41, 5.74) is -3.03. The molecule has 4 aliphatic rings. The molecule has 0 aromatic heterocycles. The van der Waals surface area contributed by atoms with Gasteiger partial charge in [-0.2, -0.15) is 0 Å². The number of aliphatic hydroxyl groups is 4. The first-order chi connectivity index (χ1) is 23.7. The molecule has 17 atom stereocenters. The molecule has 0 aromatic carbocycles. The van der Waals surface area contributed by atoms with E-state index in [1.165, 1.54) is 14.0 Å². The number of terminal acetylenes is 1. The molecule has 5 N–H and O–H groups in total. The third-order valence-electron chi connectivity index (χ3n) is 11.8. The molecular formula is C38H63NO12. The molecule has 0 amide bonds. The van der Waals surface area contributed by atoms with Gasteiger partial charge in [0.1, 0.15) is 41.4 Å². The minimum atomic E-state index is -1.83. The predicted molar refractivity (Wildman–Crippen MR) is 187 cm³/mol. The van der Waals surface area contributed by atoms with Crippen LogP contribution in [0.25, 0.3) is 0 Å². The fraction of sp³-hybridized carbons (Fsp3) is 0.868. The van der Waals surface area contributed by atoms with Gasteiger partial charge in [0.2, 0.25) is 0 Å². The van der Waals surface area contributed by atoms with E-state index in [4.69, 9.17) is 39.6 Å². The maximum atomic E-state index is 14.3. The molecule has 0 aromatic rings. The summed E-state index contributed by atoms with van der Waals surface area (Å²) < 4.78 is 44.7. The number of fused-ring (bicyclic) bond motifs is 2. The molecule has 0 saturated carbocycles. The van der Waals surface area contributed by atoms with E-state index < -0.39 is 102 Å². The van der Waals surface area contributed by atoms with E-state index in [1.54, 1.807) is 34.6 Å². The van der Waals surface area contributed by atoms with Gasteiger partial charge in [-0.3, -0.25) is 4.79 Å². The zero-order valence-corrected chi connectivity index (χ0v) is 32.3. The standard InChI is InChI=1S/C38H63NO12/c1-13-15-39-25-16-20(4)46-35(28(25)41)50-32-22(6)30(48-27-18-36(9,45-12)31(42)24(8)47-27)23(7)34(43)49-33(38(11,44)26(40)14-2)21(5)29-19(3)17-37(32,10)51-29/h1,20-28,30-33,35,39-42,44H,14-18H2,2-12H3/t20?,21-,22-,23+,24?,25?,26+,27-,28?,30-,31-,32+,33+,35-,36?,37+,38+/m0/s1. The van der Waals surface area contributed by atoms with Crippen molar-refractivity contribution in [2.45, 2.75) is 179 Å². The van der Waals surface area contributed by atoms with Gasteiger partial charge in [-0.05, 0) is 66.9 Å². The molecule has 3 saturated heterocycles. The maximum absolute atomic E-state index is 14.3. The van der Waals surface area contributed by atoms with E-state index in [0.29, 0.717) is 18.6 Å². The van der Waals surface area contributed by atoms with Crippen LogP contribution < -0.4 is 5.32 Å². The second-order valence-corrected chi connectivity index (χ2v) is 16.0. The van der Waals surface area contributed by atoms with Gasteiger partial charge in [-0.25, -0.2) is 0 Å². The summed E-state index contributed by atoms with van der Waals surface area (Å²) in [4.78, 5) is 14.3. The number of hydrogen-bond acceptors (Lipinski definition) is 13. The predicted octanol–water partition coefficient (Wildman–Crippen LogP) is 2.55. The molecule has 13 nitrogen and oxygen atoms in total. The van der Waals surface area contributed by atoms with Crippen LogP contribution >= 0.6 is 0 Å². The van der Waals surface area contributed by atoms with Crippen LogP contribution in [0.1, 0.15) is 94.9 Å². The number of carbonyl (C=O) groups is 1. The summed E-state index contributed by atoms with van der Waals surface area (Å²) in [6, 6.07) is -0.398. The van der Waals surface area contributed by atoms with Gasteiger partial charge in [-0.15, -0.1) is 6.42 Å². The summed E-state index contributed by atoms with van der Waals surface area (Å²) in [5.74, 6) is 0.186. The number of methoxy groups -OCH3 is 1. The first-order valence-electron chi connectivity index (χ1n) is 18.4. The van der Waals surface area contributed by atoms with E-state index >= 15 is 0 Å². The highest BCUT2D eigenvalue weighted by Gasteiger charge is 2.56. The Hall–Kier alpha value is -1.83. The fourth-order valence-electron chi connectivity index (χ4n) is 8.63. The third-order valence-corrected chi connectivity index (χ3v) is 11.8. The molecule has 4 heterocycles. The Labute approximate surface area is 303 Å². The topological polar surface area (TPSA) is 175 Å². The average Bonchev–Trinajstić information content (AvgIpc) is 3.39. The van der Waals surface area contributed by atoms with E-state index in [2.05, 4.69) is 11.2 Å². The van der Waals surface area contributed by atoms with Crippen molar-refractivity contribution in [1.29, 1.82) is 0 Å². The highest BCUT2D eigenvalue weighted by Crippen LogP contribution is 2.48. The van der Waals surface area contributed by atoms with Gasteiger partial charge in [0.25, 0.3) is 0 Å². The average molecular weight is 726 g/mol. The summed E-state index contributed by atoms with van der Waals surface area (Å²) >= 11 is 0. The van der Waals surface area contributed by atoms with E-state index in [1.807, 2.05) is 27.7 Å². The lowest BCUT2D eigenvalue weighted by atomic mass is 9.78. The van der Waals surface area contributed by atoms with E-state index in [9.17, 15) is 25.2 Å². The zero-order chi connectivity index (χ0) is 38.2. The Morgan fingerprint density at radius 1 is 1.12 bits per heavy atom. The summed E-state index contributed by atoms with van der Waals surface area (Å²) in [6.07, 6.45) is -2.28. The summed E-state index contributed by atoms with van der Waals surface area (Å²) in [6.45, 7) is 18.1.